The lowest BCUT2D eigenvalue weighted by Crippen LogP contribution is -2.48. The topological polar surface area (TPSA) is 95.0 Å². The normalized spacial score (nSPS) is 34.0. The van der Waals surface area contributed by atoms with Gasteiger partial charge in [0.2, 0.25) is 23.6 Å². The summed E-state index contributed by atoms with van der Waals surface area (Å²) in [6.07, 6.45) is 2.81. The molecule has 35 heavy (non-hydrogen) atoms. The molecule has 1 N–H and O–H groups in total. The number of anilines is 1. The minimum Gasteiger partial charge on any atom is -0.508 e. The SMILES string of the molecule is CN1C(=O)[C@H]2[C@H](CC=C3[C@H]2C[C@H]2C(=O)N(c4ccccc4)C(=O)[C@@]2(C)[C@H]3c2ccc(O)cc2)C1=O. The predicted octanol–water partition coefficient (Wildman–Crippen LogP) is 3.25. The van der Waals surface area contributed by atoms with Gasteiger partial charge in [-0.15, -0.1) is 0 Å². The van der Waals surface area contributed by atoms with Gasteiger partial charge in [0.15, 0.2) is 0 Å². The van der Waals surface area contributed by atoms with E-state index in [4.69, 9.17) is 0 Å². The van der Waals surface area contributed by atoms with Crippen LogP contribution in [-0.2, 0) is 19.2 Å². The Balaban J connectivity index is 1.53. The van der Waals surface area contributed by atoms with Crippen molar-refractivity contribution in [3.63, 3.8) is 0 Å². The number of carbonyl (C=O) groups excluding carboxylic acids is 4. The molecule has 2 aliphatic carbocycles. The van der Waals surface area contributed by atoms with E-state index in [0.29, 0.717) is 18.5 Å². The second-order valence-corrected chi connectivity index (χ2v) is 10.3. The summed E-state index contributed by atoms with van der Waals surface area (Å²) in [7, 11) is 1.52. The van der Waals surface area contributed by atoms with Gasteiger partial charge in [-0.05, 0) is 55.5 Å². The van der Waals surface area contributed by atoms with E-state index < -0.39 is 29.1 Å². The van der Waals surface area contributed by atoms with Crippen LogP contribution in [0.25, 0.3) is 0 Å². The molecule has 0 bridgehead atoms. The maximum atomic E-state index is 14.1. The van der Waals surface area contributed by atoms with Crippen molar-refractivity contribution in [2.45, 2.75) is 25.7 Å². The number of carbonyl (C=O) groups is 4. The monoisotopic (exact) mass is 470 g/mol. The Morgan fingerprint density at radius 2 is 1.57 bits per heavy atom. The van der Waals surface area contributed by atoms with Crippen molar-refractivity contribution < 1.29 is 24.3 Å². The third-order valence-corrected chi connectivity index (χ3v) is 8.74. The van der Waals surface area contributed by atoms with Crippen molar-refractivity contribution in [3.8, 4) is 5.75 Å². The van der Waals surface area contributed by atoms with E-state index in [1.807, 2.05) is 19.1 Å². The van der Waals surface area contributed by atoms with E-state index in [2.05, 4.69) is 0 Å². The molecule has 4 aliphatic rings. The van der Waals surface area contributed by atoms with Crippen molar-refractivity contribution >= 4 is 29.3 Å². The highest BCUT2D eigenvalue weighted by atomic mass is 16.3. The first-order chi connectivity index (χ1) is 16.7. The van der Waals surface area contributed by atoms with Gasteiger partial charge in [0.25, 0.3) is 0 Å². The van der Waals surface area contributed by atoms with Crippen molar-refractivity contribution in [1.82, 2.24) is 4.90 Å². The summed E-state index contributed by atoms with van der Waals surface area (Å²) in [4.78, 5) is 56.4. The molecule has 6 rings (SSSR count). The summed E-state index contributed by atoms with van der Waals surface area (Å²) in [6, 6.07) is 15.7. The molecular weight excluding hydrogens is 444 g/mol. The summed E-state index contributed by atoms with van der Waals surface area (Å²) in [5, 5.41) is 9.91. The maximum Gasteiger partial charge on any atom is 0.241 e. The van der Waals surface area contributed by atoms with E-state index >= 15 is 0 Å². The van der Waals surface area contributed by atoms with Gasteiger partial charge < -0.3 is 5.11 Å². The van der Waals surface area contributed by atoms with E-state index in [9.17, 15) is 24.3 Å². The lowest BCUT2D eigenvalue weighted by molar-refractivity contribution is -0.138. The molecule has 1 saturated carbocycles. The Morgan fingerprint density at radius 1 is 0.886 bits per heavy atom. The van der Waals surface area contributed by atoms with Gasteiger partial charge in [-0.3, -0.25) is 24.1 Å². The van der Waals surface area contributed by atoms with Crippen LogP contribution in [-0.4, -0.2) is 40.7 Å². The number of imide groups is 2. The number of phenolic OH excluding ortho intramolecular Hbond substituents is 1. The number of hydrogen-bond donors (Lipinski definition) is 1. The summed E-state index contributed by atoms with van der Waals surface area (Å²) in [5.74, 6) is -3.14. The molecule has 0 aromatic heterocycles. The molecule has 2 aromatic rings. The zero-order chi connectivity index (χ0) is 24.6. The average molecular weight is 471 g/mol. The molecule has 0 spiro atoms. The summed E-state index contributed by atoms with van der Waals surface area (Å²) >= 11 is 0. The number of benzene rings is 2. The smallest absolute Gasteiger partial charge is 0.241 e. The van der Waals surface area contributed by atoms with Gasteiger partial charge >= 0.3 is 0 Å². The second-order valence-electron chi connectivity index (χ2n) is 10.3. The number of aromatic hydroxyl groups is 1. The molecular formula is C28H26N2O5. The van der Waals surface area contributed by atoms with Crippen molar-refractivity contribution in [2.75, 3.05) is 11.9 Å². The van der Waals surface area contributed by atoms with E-state index in [1.165, 1.54) is 16.8 Å². The van der Waals surface area contributed by atoms with Crippen LogP contribution in [0.3, 0.4) is 0 Å². The first-order valence-electron chi connectivity index (χ1n) is 12.0. The van der Waals surface area contributed by atoms with Crippen molar-refractivity contribution in [3.05, 3.63) is 71.8 Å². The van der Waals surface area contributed by atoms with E-state index in [1.54, 1.807) is 48.5 Å². The van der Waals surface area contributed by atoms with Crippen molar-refractivity contribution in [1.29, 1.82) is 0 Å². The first kappa shape index (κ1) is 21.8. The lowest BCUT2D eigenvalue weighted by atomic mass is 9.51. The minimum atomic E-state index is -1.06. The quantitative estimate of drug-likeness (QED) is 0.537. The molecule has 6 atom stereocenters. The maximum absolute atomic E-state index is 14.1. The molecule has 2 aromatic carbocycles. The number of fused-ring (bicyclic) bond motifs is 4. The van der Waals surface area contributed by atoms with Gasteiger partial charge in [-0.1, -0.05) is 42.0 Å². The number of amides is 4. The van der Waals surface area contributed by atoms with Crippen LogP contribution >= 0.6 is 0 Å². The number of likely N-dealkylation sites (tertiary alicyclic amines) is 1. The molecule has 7 nitrogen and oxygen atoms in total. The molecule has 0 unspecified atom stereocenters. The fourth-order valence-electron chi connectivity index (χ4n) is 7.04. The highest BCUT2D eigenvalue weighted by Crippen LogP contribution is 2.63. The Labute approximate surface area is 203 Å². The number of allylic oxidation sites excluding steroid dienone is 2. The Bertz CT molecular complexity index is 1300. The fourth-order valence-corrected chi connectivity index (χ4v) is 7.04. The third-order valence-electron chi connectivity index (χ3n) is 8.74. The molecule has 178 valence electrons. The molecule has 4 amide bonds. The Hall–Kier alpha value is -3.74. The van der Waals surface area contributed by atoms with E-state index in [0.717, 1.165) is 11.1 Å². The number of nitrogens with zero attached hydrogens (tertiary/aromatic N) is 2. The fraction of sp³-hybridized carbons (Fsp3) is 0.357. The first-order valence-corrected chi connectivity index (χ1v) is 12.0. The van der Waals surface area contributed by atoms with Crippen LogP contribution in [0.15, 0.2) is 66.2 Å². The van der Waals surface area contributed by atoms with Crippen LogP contribution in [0.5, 0.6) is 5.75 Å². The summed E-state index contributed by atoms with van der Waals surface area (Å²) in [6.45, 7) is 1.86. The van der Waals surface area contributed by atoms with Crippen LogP contribution < -0.4 is 4.90 Å². The van der Waals surface area contributed by atoms with Gasteiger partial charge in [0.1, 0.15) is 5.75 Å². The van der Waals surface area contributed by atoms with Crippen molar-refractivity contribution in [2.24, 2.45) is 29.1 Å². The number of phenols is 1. The standard InChI is InChI=1S/C28H26N2O5/c1-28-21(25(33)30(27(28)35)16-6-4-3-5-7-16)14-20-18(23(28)15-8-10-17(31)11-9-15)12-13-19-22(20)26(34)29(2)24(19)32/h3-12,19-23,31H,13-14H2,1-2H3/t19-,20+,21-,22-,23-,28+/m0/s1. The van der Waals surface area contributed by atoms with Gasteiger partial charge in [0, 0.05) is 13.0 Å². The number of para-hydroxylation sites is 1. The highest BCUT2D eigenvalue weighted by molar-refractivity contribution is 6.24. The Kier molecular flexibility index (Phi) is 4.59. The molecule has 2 saturated heterocycles. The van der Waals surface area contributed by atoms with Crippen LogP contribution in [0.4, 0.5) is 5.69 Å². The van der Waals surface area contributed by atoms with Gasteiger partial charge in [0.05, 0.1) is 28.9 Å². The zero-order valence-corrected chi connectivity index (χ0v) is 19.5. The average Bonchev–Trinajstić information content (AvgIpc) is 3.20. The number of rotatable bonds is 2. The molecule has 3 fully saturated rings. The van der Waals surface area contributed by atoms with Crippen LogP contribution in [0.1, 0.15) is 31.2 Å². The van der Waals surface area contributed by atoms with E-state index in [-0.39, 0.29) is 35.3 Å². The largest absolute Gasteiger partial charge is 0.508 e. The van der Waals surface area contributed by atoms with Crippen LogP contribution in [0.2, 0.25) is 0 Å². The zero-order valence-electron chi connectivity index (χ0n) is 19.5. The predicted molar refractivity (Wildman–Crippen MR) is 127 cm³/mol. The molecule has 2 heterocycles. The summed E-state index contributed by atoms with van der Waals surface area (Å²) < 4.78 is 0. The van der Waals surface area contributed by atoms with Gasteiger partial charge in [-0.2, -0.15) is 0 Å². The molecule has 0 radical (unpaired) electrons. The molecule has 2 aliphatic heterocycles. The highest BCUT2D eigenvalue weighted by Gasteiger charge is 2.67. The Morgan fingerprint density at radius 3 is 2.26 bits per heavy atom. The molecule has 7 heteroatoms. The lowest BCUT2D eigenvalue weighted by Gasteiger charge is -2.49. The van der Waals surface area contributed by atoms with Gasteiger partial charge in [-0.25, -0.2) is 4.90 Å². The third kappa shape index (κ3) is 2.78. The minimum absolute atomic E-state index is 0.110. The number of hydrogen-bond acceptors (Lipinski definition) is 5. The second kappa shape index (κ2) is 7.38. The summed E-state index contributed by atoms with van der Waals surface area (Å²) in [5.41, 5.74) is 1.23. The van der Waals surface area contributed by atoms with Crippen LogP contribution in [0, 0.1) is 29.1 Å².